The topological polar surface area (TPSA) is 59.4 Å². The van der Waals surface area contributed by atoms with Gasteiger partial charge in [0.2, 0.25) is 0 Å². The van der Waals surface area contributed by atoms with E-state index in [4.69, 9.17) is 15.3 Å². The van der Waals surface area contributed by atoms with E-state index in [-0.39, 0.29) is 6.61 Å². The second-order valence-electron chi connectivity index (χ2n) is 3.50. The van der Waals surface area contributed by atoms with Gasteiger partial charge in [-0.2, -0.15) is 0 Å². The minimum absolute atomic E-state index is 0.0820. The number of hydrogen-bond donors (Lipinski definition) is 2. The van der Waals surface area contributed by atoms with Gasteiger partial charge in [0, 0.05) is 11.3 Å². The van der Waals surface area contributed by atoms with Crippen molar-refractivity contribution in [2.75, 3.05) is 5.73 Å². The Bertz CT molecular complexity index is 474. The molecule has 3 nitrogen and oxygen atoms in total. The number of rotatable bonds is 2. The highest BCUT2D eigenvalue weighted by molar-refractivity contribution is 5.66. The Morgan fingerprint density at radius 1 is 1.27 bits per heavy atom. The number of anilines is 1. The molecule has 15 heavy (non-hydrogen) atoms. The van der Waals surface area contributed by atoms with Crippen molar-refractivity contribution in [1.29, 1.82) is 0 Å². The molecule has 0 aliphatic heterocycles. The smallest absolute Gasteiger partial charge is 0.134 e. The SMILES string of the molecule is Cc1ccc(N)cc1-c1ccc(CO)o1. The summed E-state index contributed by atoms with van der Waals surface area (Å²) in [5.74, 6) is 1.30. The minimum atomic E-state index is -0.0820. The molecule has 0 radical (unpaired) electrons. The standard InChI is InChI=1S/C12H13NO2/c1-8-2-3-9(13)6-11(8)12-5-4-10(7-14)15-12/h2-6,14H,7,13H2,1H3. The van der Waals surface area contributed by atoms with Crippen molar-refractivity contribution in [2.24, 2.45) is 0 Å². The Morgan fingerprint density at radius 2 is 2.07 bits per heavy atom. The van der Waals surface area contributed by atoms with Crippen molar-refractivity contribution in [3.63, 3.8) is 0 Å². The summed E-state index contributed by atoms with van der Waals surface area (Å²) in [6.45, 7) is 1.91. The molecule has 3 heteroatoms. The van der Waals surface area contributed by atoms with Gasteiger partial charge in [-0.3, -0.25) is 0 Å². The van der Waals surface area contributed by atoms with Crippen LogP contribution in [0.1, 0.15) is 11.3 Å². The van der Waals surface area contributed by atoms with E-state index in [0.29, 0.717) is 11.4 Å². The van der Waals surface area contributed by atoms with E-state index >= 15 is 0 Å². The fourth-order valence-corrected chi connectivity index (χ4v) is 1.51. The van der Waals surface area contributed by atoms with Gasteiger partial charge in [-0.1, -0.05) is 6.07 Å². The Labute approximate surface area is 88.1 Å². The molecule has 2 rings (SSSR count). The van der Waals surface area contributed by atoms with Gasteiger partial charge in [-0.15, -0.1) is 0 Å². The third kappa shape index (κ3) is 1.87. The van der Waals surface area contributed by atoms with Gasteiger partial charge in [-0.25, -0.2) is 0 Å². The fraction of sp³-hybridized carbons (Fsp3) is 0.167. The largest absolute Gasteiger partial charge is 0.459 e. The second-order valence-corrected chi connectivity index (χ2v) is 3.50. The predicted octanol–water partition coefficient (Wildman–Crippen LogP) is 2.33. The highest BCUT2D eigenvalue weighted by atomic mass is 16.4. The Hall–Kier alpha value is -1.74. The molecule has 0 unspecified atom stereocenters. The quantitative estimate of drug-likeness (QED) is 0.736. The monoisotopic (exact) mass is 203 g/mol. The summed E-state index contributed by atoms with van der Waals surface area (Å²) < 4.78 is 5.45. The zero-order chi connectivity index (χ0) is 10.8. The summed E-state index contributed by atoms with van der Waals surface area (Å²) in [7, 11) is 0. The molecule has 1 aromatic heterocycles. The van der Waals surface area contributed by atoms with Crippen LogP contribution < -0.4 is 5.73 Å². The average molecular weight is 203 g/mol. The molecule has 0 spiro atoms. The first-order valence-corrected chi connectivity index (χ1v) is 4.77. The van der Waals surface area contributed by atoms with Crippen molar-refractivity contribution in [1.82, 2.24) is 0 Å². The number of aliphatic hydroxyl groups excluding tert-OH is 1. The van der Waals surface area contributed by atoms with E-state index in [2.05, 4.69) is 0 Å². The molecule has 0 bridgehead atoms. The van der Waals surface area contributed by atoms with Crippen LogP contribution in [0.5, 0.6) is 0 Å². The first-order chi connectivity index (χ1) is 7.20. The van der Waals surface area contributed by atoms with Crippen LogP contribution in [0.15, 0.2) is 34.7 Å². The average Bonchev–Trinajstić information content (AvgIpc) is 2.70. The lowest BCUT2D eigenvalue weighted by Gasteiger charge is -2.03. The van der Waals surface area contributed by atoms with Crippen LogP contribution in [0.3, 0.4) is 0 Å². The van der Waals surface area contributed by atoms with Crippen molar-refractivity contribution < 1.29 is 9.52 Å². The van der Waals surface area contributed by atoms with Gasteiger partial charge in [0.25, 0.3) is 0 Å². The molecule has 0 fully saturated rings. The van der Waals surface area contributed by atoms with Gasteiger partial charge >= 0.3 is 0 Å². The number of aliphatic hydroxyl groups is 1. The highest BCUT2D eigenvalue weighted by Gasteiger charge is 2.07. The van der Waals surface area contributed by atoms with Gasteiger partial charge in [-0.05, 0) is 36.8 Å². The van der Waals surface area contributed by atoms with Crippen LogP contribution in [0.25, 0.3) is 11.3 Å². The van der Waals surface area contributed by atoms with Crippen molar-refractivity contribution in [2.45, 2.75) is 13.5 Å². The maximum Gasteiger partial charge on any atom is 0.134 e. The van der Waals surface area contributed by atoms with Crippen LogP contribution in [-0.2, 0) is 6.61 Å². The third-order valence-electron chi connectivity index (χ3n) is 2.34. The van der Waals surface area contributed by atoms with Gasteiger partial charge in [0.15, 0.2) is 0 Å². The maximum atomic E-state index is 8.90. The van der Waals surface area contributed by atoms with Crippen LogP contribution >= 0.6 is 0 Å². The lowest BCUT2D eigenvalue weighted by atomic mass is 10.1. The summed E-state index contributed by atoms with van der Waals surface area (Å²) >= 11 is 0. The van der Waals surface area contributed by atoms with Gasteiger partial charge < -0.3 is 15.3 Å². The highest BCUT2D eigenvalue weighted by Crippen LogP contribution is 2.27. The van der Waals surface area contributed by atoms with Gasteiger partial charge in [0.1, 0.15) is 18.1 Å². The van der Waals surface area contributed by atoms with Crippen LogP contribution in [-0.4, -0.2) is 5.11 Å². The van der Waals surface area contributed by atoms with E-state index in [1.54, 1.807) is 6.07 Å². The van der Waals surface area contributed by atoms with Crippen LogP contribution in [0.4, 0.5) is 5.69 Å². The van der Waals surface area contributed by atoms with Crippen molar-refractivity contribution in [3.05, 3.63) is 41.7 Å². The molecule has 0 saturated heterocycles. The molecule has 0 amide bonds. The molecule has 1 heterocycles. The van der Waals surface area contributed by atoms with E-state index in [1.165, 1.54) is 0 Å². The van der Waals surface area contributed by atoms with Crippen molar-refractivity contribution >= 4 is 5.69 Å². The summed E-state index contributed by atoms with van der Waals surface area (Å²) in [5, 5.41) is 8.90. The zero-order valence-corrected chi connectivity index (χ0v) is 8.53. The zero-order valence-electron chi connectivity index (χ0n) is 8.53. The number of benzene rings is 1. The number of aryl methyl sites for hydroxylation is 1. The molecule has 3 N–H and O–H groups in total. The van der Waals surface area contributed by atoms with Gasteiger partial charge in [0.05, 0.1) is 0 Å². The molecule has 0 atom stereocenters. The van der Waals surface area contributed by atoms with E-state index in [9.17, 15) is 0 Å². The fourth-order valence-electron chi connectivity index (χ4n) is 1.51. The van der Waals surface area contributed by atoms with E-state index in [0.717, 1.165) is 16.9 Å². The molecule has 0 saturated carbocycles. The number of nitrogen functional groups attached to an aromatic ring is 1. The van der Waals surface area contributed by atoms with Crippen molar-refractivity contribution in [3.8, 4) is 11.3 Å². The number of hydrogen-bond acceptors (Lipinski definition) is 3. The first kappa shape index (κ1) is 9.80. The molecule has 0 aliphatic rings. The van der Waals surface area contributed by atoms with Crippen LogP contribution in [0, 0.1) is 6.92 Å². The molecule has 0 aliphatic carbocycles. The predicted molar refractivity (Wildman–Crippen MR) is 59.2 cm³/mol. The summed E-state index contributed by atoms with van der Waals surface area (Å²) in [4.78, 5) is 0. The Morgan fingerprint density at radius 3 is 2.73 bits per heavy atom. The summed E-state index contributed by atoms with van der Waals surface area (Å²) in [5.41, 5.74) is 8.49. The third-order valence-corrected chi connectivity index (χ3v) is 2.34. The maximum absolute atomic E-state index is 8.90. The van der Waals surface area contributed by atoms with E-state index in [1.807, 2.05) is 31.2 Å². The lowest BCUT2D eigenvalue weighted by Crippen LogP contribution is -1.87. The molecule has 2 aromatic rings. The Balaban J connectivity index is 2.48. The first-order valence-electron chi connectivity index (χ1n) is 4.77. The second kappa shape index (κ2) is 3.79. The molecular formula is C12H13NO2. The number of nitrogens with two attached hydrogens (primary N) is 1. The minimum Gasteiger partial charge on any atom is -0.459 e. The lowest BCUT2D eigenvalue weighted by molar-refractivity contribution is 0.248. The number of furan rings is 1. The Kier molecular flexibility index (Phi) is 2.47. The molecule has 78 valence electrons. The van der Waals surface area contributed by atoms with E-state index < -0.39 is 0 Å². The molecular weight excluding hydrogens is 190 g/mol. The normalized spacial score (nSPS) is 10.5. The van der Waals surface area contributed by atoms with Crippen LogP contribution in [0.2, 0.25) is 0 Å². The summed E-state index contributed by atoms with van der Waals surface area (Å²) in [6.07, 6.45) is 0. The summed E-state index contributed by atoms with van der Waals surface area (Å²) in [6, 6.07) is 9.28. The molecule has 1 aromatic carbocycles.